The zero-order valence-electron chi connectivity index (χ0n) is 10.9. The zero-order valence-corrected chi connectivity index (χ0v) is 11.7. The normalized spacial score (nSPS) is 13.3. The fourth-order valence-corrected chi connectivity index (χ4v) is 2.27. The molecule has 5 heteroatoms. The van der Waals surface area contributed by atoms with Gasteiger partial charge in [0.05, 0.1) is 12.4 Å². The van der Waals surface area contributed by atoms with Crippen LogP contribution in [-0.2, 0) is 9.84 Å². The summed E-state index contributed by atoms with van der Waals surface area (Å²) < 4.78 is 27.5. The van der Waals surface area contributed by atoms with Gasteiger partial charge in [0.2, 0.25) is 0 Å². The van der Waals surface area contributed by atoms with Crippen LogP contribution in [0.15, 0.2) is 24.3 Å². The van der Waals surface area contributed by atoms with Gasteiger partial charge in [-0.15, -0.1) is 0 Å². The maximum absolute atomic E-state index is 11.0. The van der Waals surface area contributed by atoms with E-state index in [0.717, 1.165) is 11.3 Å². The topological polar surface area (TPSA) is 69.4 Å². The molecule has 1 aromatic rings. The van der Waals surface area contributed by atoms with Crippen molar-refractivity contribution >= 4 is 9.84 Å². The number of aryl methyl sites for hydroxylation is 1. The fraction of sp³-hybridized carbons (Fsp3) is 0.538. The van der Waals surface area contributed by atoms with Gasteiger partial charge in [0.1, 0.15) is 15.6 Å². The fourth-order valence-electron chi connectivity index (χ4n) is 1.54. The van der Waals surface area contributed by atoms with Crippen LogP contribution in [0.3, 0.4) is 0 Å². The molecule has 0 radical (unpaired) electrons. The van der Waals surface area contributed by atoms with Crippen LogP contribution < -0.4 is 10.5 Å². The molecule has 1 unspecified atom stereocenters. The molecule has 0 aliphatic carbocycles. The molecular weight excluding hydrogens is 250 g/mol. The zero-order chi connectivity index (χ0) is 13.6. The van der Waals surface area contributed by atoms with Crippen LogP contribution in [0.1, 0.15) is 18.4 Å². The molecular formula is C13H21NO3S. The van der Waals surface area contributed by atoms with Gasteiger partial charge in [-0.3, -0.25) is 0 Å². The Labute approximate surface area is 109 Å². The molecule has 0 spiro atoms. The standard InChI is InChI=1S/C13H21NO3S/c1-11-4-3-5-13(10-11)17-8-6-12(14)7-9-18(2,15)16/h3-5,10,12H,6-9,14H2,1-2H3. The van der Waals surface area contributed by atoms with Gasteiger partial charge in [-0.1, -0.05) is 12.1 Å². The minimum atomic E-state index is -2.92. The Balaban J connectivity index is 2.25. The van der Waals surface area contributed by atoms with Crippen LogP contribution in [0.5, 0.6) is 5.75 Å². The van der Waals surface area contributed by atoms with Crippen molar-refractivity contribution in [3.05, 3.63) is 29.8 Å². The molecule has 1 aromatic carbocycles. The molecule has 1 rings (SSSR count). The van der Waals surface area contributed by atoms with Crippen molar-refractivity contribution < 1.29 is 13.2 Å². The second-order valence-electron chi connectivity index (χ2n) is 4.63. The molecule has 0 heterocycles. The van der Waals surface area contributed by atoms with Gasteiger partial charge in [0.25, 0.3) is 0 Å². The van der Waals surface area contributed by atoms with Crippen LogP contribution in [0, 0.1) is 6.92 Å². The van der Waals surface area contributed by atoms with Crippen LogP contribution in [-0.4, -0.2) is 33.1 Å². The Morgan fingerprint density at radius 3 is 2.67 bits per heavy atom. The third kappa shape index (κ3) is 6.61. The van der Waals surface area contributed by atoms with E-state index in [4.69, 9.17) is 10.5 Å². The summed E-state index contributed by atoms with van der Waals surface area (Å²) >= 11 is 0. The molecule has 102 valence electrons. The largest absolute Gasteiger partial charge is 0.494 e. The number of benzene rings is 1. The van der Waals surface area contributed by atoms with Crippen LogP contribution in [0.25, 0.3) is 0 Å². The van der Waals surface area contributed by atoms with Crippen molar-refractivity contribution in [2.24, 2.45) is 5.73 Å². The predicted molar refractivity (Wildman–Crippen MR) is 73.6 cm³/mol. The third-order valence-electron chi connectivity index (χ3n) is 2.61. The number of nitrogens with two attached hydrogens (primary N) is 1. The Hall–Kier alpha value is -1.07. The first-order valence-electron chi connectivity index (χ1n) is 5.99. The highest BCUT2D eigenvalue weighted by atomic mass is 32.2. The molecule has 0 aliphatic rings. The SMILES string of the molecule is Cc1cccc(OCCC(N)CCS(C)(=O)=O)c1. The van der Waals surface area contributed by atoms with Crippen LogP contribution in [0.4, 0.5) is 0 Å². The summed E-state index contributed by atoms with van der Waals surface area (Å²) in [6.07, 6.45) is 2.36. The highest BCUT2D eigenvalue weighted by Crippen LogP contribution is 2.12. The molecule has 0 amide bonds. The Morgan fingerprint density at radius 2 is 2.06 bits per heavy atom. The summed E-state index contributed by atoms with van der Waals surface area (Å²) in [7, 11) is -2.92. The molecule has 4 nitrogen and oxygen atoms in total. The summed E-state index contributed by atoms with van der Waals surface area (Å²) in [5.41, 5.74) is 6.98. The second-order valence-corrected chi connectivity index (χ2v) is 6.89. The smallest absolute Gasteiger partial charge is 0.147 e. The van der Waals surface area contributed by atoms with Gasteiger partial charge in [-0.2, -0.15) is 0 Å². The number of rotatable bonds is 7. The van der Waals surface area contributed by atoms with E-state index in [9.17, 15) is 8.42 Å². The quantitative estimate of drug-likeness (QED) is 0.816. The lowest BCUT2D eigenvalue weighted by Crippen LogP contribution is -2.25. The molecule has 2 N–H and O–H groups in total. The van der Waals surface area contributed by atoms with E-state index in [0.29, 0.717) is 19.4 Å². The maximum Gasteiger partial charge on any atom is 0.147 e. The summed E-state index contributed by atoms with van der Waals surface area (Å²) in [5.74, 6) is 0.962. The Kier molecular flexibility index (Phi) is 5.62. The average molecular weight is 271 g/mol. The van der Waals surface area contributed by atoms with Crippen molar-refractivity contribution in [2.45, 2.75) is 25.8 Å². The van der Waals surface area contributed by atoms with E-state index in [-0.39, 0.29) is 11.8 Å². The summed E-state index contributed by atoms with van der Waals surface area (Å²) in [6.45, 7) is 2.51. The molecule has 0 bridgehead atoms. The van der Waals surface area contributed by atoms with E-state index in [1.807, 2.05) is 31.2 Å². The van der Waals surface area contributed by atoms with Gasteiger partial charge in [0, 0.05) is 12.3 Å². The van der Waals surface area contributed by atoms with Crippen molar-refractivity contribution in [2.75, 3.05) is 18.6 Å². The first kappa shape index (κ1) is 15.0. The highest BCUT2D eigenvalue weighted by molar-refractivity contribution is 7.90. The molecule has 0 aliphatic heterocycles. The molecule has 1 atom stereocenters. The summed E-state index contributed by atoms with van der Waals surface area (Å²) in [6, 6.07) is 7.67. The predicted octanol–water partition coefficient (Wildman–Crippen LogP) is 1.53. The lowest BCUT2D eigenvalue weighted by Gasteiger charge is -2.12. The van der Waals surface area contributed by atoms with E-state index >= 15 is 0 Å². The van der Waals surface area contributed by atoms with Gasteiger partial charge in [0.15, 0.2) is 0 Å². The third-order valence-corrected chi connectivity index (χ3v) is 3.58. The lowest BCUT2D eigenvalue weighted by atomic mass is 10.2. The molecule has 0 aromatic heterocycles. The van der Waals surface area contributed by atoms with E-state index in [1.165, 1.54) is 6.26 Å². The van der Waals surface area contributed by atoms with E-state index in [2.05, 4.69) is 0 Å². The van der Waals surface area contributed by atoms with E-state index in [1.54, 1.807) is 0 Å². The van der Waals surface area contributed by atoms with Gasteiger partial charge in [-0.25, -0.2) is 8.42 Å². The van der Waals surface area contributed by atoms with Gasteiger partial charge < -0.3 is 10.5 Å². The van der Waals surface area contributed by atoms with Crippen LogP contribution >= 0.6 is 0 Å². The van der Waals surface area contributed by atoms with Crippen LogP contribution in [0.2, 0.25) is 0 Å². The molecule has 18 heavy (non-hydrogen) atoms. The number of ether oxygens (including phenoxy) is 1. The number of hydrogen-bond acceptors (Lipinski definition) is 4. The van der Waals surface area contributed by atoms with Crippen molar-refractivity contribution in [1.82, 2.24) is 0 Å². The first-order chi connectivity index (χ1) is 8.37. The van der Waals surface area contributed by atoms with E-state index < -0.39 is 9.84 Å². The van der Waals surface area contributed by atoms with Crippen molar-refractivity contribution in [3.8, 4) is 5.75 Å². The Bertz CT molecular complexity index is 471. The molecule has 0 fully saturated rings. The number of hydrogen-bond donors (Lipinski definition) is 1. The summed E-state index contributed by atoms with van der Waals surface area (Å²) in [4.78, 5) is 0. The van der Waals surface area contributed by atoms with Gasteiger partial charge in [-0.05, 0) is 37.5 Å². The highest BCUT2D eigenvalue weighted by Gasteiger charge is 2.08. The van der Waals surface area contributed by atoms with Gasteiger partial charge >= 0.3 is 0 Å². The summed E-state index contributed by atoms with van der Waals surface area (Å²) in [5, 5.41) is 0. The molecule has 0 saturated heterocycles. The number of sulfone groups is 1. The second kappa shape index (κ2) is 6.75. The lowest BCUT2D eigenvalue weighted by molar-refractivity contribution is 0.296. The molecule has 0 saturated carbocycles. The van der Waals surface area contributed by atoms with Crippen molar-refractivity contribution in [1.29, 1.82) is 0 Å². The minimum absolute atomic E-state index is 0.135. The average Bonchev–Trinajstić information content (AvgIpc) is 2.25. The maximum atomic E-state index is 11.0. The minimum Gasteiger partial charge on any atom is -0.494 e. The Morgan fingerprint density at radius 1 is 1.33 bits per heavy atom. The first-order valence-corrected chi connectivity index (χ1v) is 8.05. The monoisotopic (exact) mass is 271 g/mol. The van der Waals surface area contributed by atoms with Crippen molar-refractivity contribution in [3.63, 3.8) is 0 Å².